The molecule has 2 aromatic rings. The Kier molecular flexibility index (Phi) is 11.3. The molecule has 0 saturated heterocycles. The maximum absolute atomic E-state index is 11.9. The molecule has 52 heavy (non-hydrogen) atoms. The number of rotatable bonds is 12. The Labute approximate surface area is 312 Å². The number of nitrogens with zero attached hydrogens (tertiary/aromatic N) is 2. The van der Waals surface area contributed by atoms with Gasteiger partial charge in [0.05, 0.1) is 21.8 Å². The van der Waals surface area contributed by atoms with E-state index >= 15 is 0 Å². The molecule has 1 aliphatic carbocycles. The average molecular weight is 793 g/mol. The van der Waals surface area contributed by atoms with Gasteiger partial charge in [-0.3, -0.25) is 9.11 Å². The largest absolute Gasteiger partial charge is 0.744 e. The lowest BCUT2D eigenvalue weighted by atomic mass is 9.81. The van der Waals surface area contributed by atoms with E-state index in [1.165, 1.54) is 12.1 Å². The number of aryl methyl sites for hydroxylation is 1. The summed E-state index contributed by atoms with van der Waals surface area (Å²) in [5.74, 6) is -0.801. The van der Waals surface area contributed by atoms with Crippen LogP contribution in [0.1, 0.15) is 76.5 Å². The first-order chi connectivity index (χ1) is 24.0. The fraction of sp³-hybridized carbons (Fsp3) is 0.432. The van der Waals surface area contributed by atoms with Crippen molar-refractivity contribution in [1.29, 1.82) is 0 Å². The van der Waals surface area contributed by atoms with E-state index in [2.05, 4.69) is 24.8 Å². The molecule has 0 bridgehead atoms. The fourth-order valence-electron chi connectivity index (χ4n) is 7.46. The quantitative estimate of drug-likeness (QED) is 0.175. The molecule has 0 aromatic heterocycles. The summed E-state index contributed by atoms with van der Waals surface area (Å²) < 4.78 is 102. The third kappa shape index (κ3) is 8.64. The summed E-state index contributed by atoms with van der Waals surface area (Å²) in [7, 11) is -13.0. The minimum absolute atomic E-state index is 0.102. The van der Waals surface area contributed by atoms with E-state index in [9.17, 15) is 38.9 Å². The first-order valence-electron chi connectivity index (χ1n) is 17.0. The van der Waals surface area contributed by atoms with Crippen LogP contribution in [0, 0.1) is 6.92 Å². The van der Waals surface area contributed by atoms with Crippen LogP contribution in [0.4, 0.5) is 11.4 Å². The van der Waals surface area contributed by atoms with Gasteiger partial charge in [0.2, 0.25) is 5.69 Å². The Morgan fingerprint density at radius 3 is 2.19 bits per heavy atom. The van der Waals surface area contributed by atoms with Gasteiger partial charge in [-0.15, -0.1) is 0 Å². The van der Waals surface area contributed by atoms with Gasteiger partial charge in [0.15, 0.2) is 5.71 Å². The molecule has 0 spiro atoms. The lowest BCUT2D eigenvalue weighted by Gasteiger charge is -2.27. The molecule has 3 aliphatic rings. The predicted molar refractivity (Wildman–Crippen MR) is 203 cm³/mol. The summed E-state index contributed by atoms with van der Waals surface area (Å²) in [4.78, 5) is 1.75. The minimum atomic E-state index is -4.72. The predicted octanol–water partition coefficient (Wildman–Crippen LogP) is 6.67. The van der Waals surface area contributed by atoms with Crippen LogP contribution in [0.5, 0.6) is 0 Å². The van der Waals surface area contributed by atoms with Gasteiger partial charge in [0.1, 0.15) is 16.7 Å². The van der Waals surface area contributed by atoms with E-state index in [0.717, 1.165) is 52.2 Å². The van der Waals surface area contributed by atoms with E-state index in [4.69, 9.17) is 11.6 Å². The molecule has 0 fully saturated rings. The second-order valence-corrected chi connectivity index (χ2v) is 19.5. The number of benzene rings is 2. The summed E-state index contributed by atoms with van der Waals surface area (Å²) in [6.07, 6.45) is 10.5. The second kappa shape index (κ2) is 14.6. The molecule has 282 valence electrons. The molecule has 0 unspecified atom stereocenters. The lowest BCUT2D eigenvalue weighted by Crippen LogP contribution is -2.28. The van der Waals surface area contributed by atoms with Crippen LogP contribution in [-0.2, 0) is 41.2 Å². The summed E-state index contributed by atoms with van der Waals surface area (Å²) in [5.41, 5.74) is 6.82. The van der Waals surface area contributed by atoms with Crippen LogP contribution in [0.15, 0.2) is 87.5 Å². The monoisotopic (exact) mass is 792 g/mol. The molecule has 15 heteroatoms. The number of hydrogen-bond donors (Lipinski definition) is 2. The van der Waals surface area contributed by atoms with Crippen molar-refractivity contribution in [2.75, 3.05) is 29.5 Å². The zero-order chi connectivity index (χ0) is 38.4. The SMILES string of the molecule is Cc1ccc2c(c1)C(C)(C)/C(=C/C=C1\CCCC(/C=C/C3=[N+](CCCS(=O)(=O)O)c4ccc(S(=O)(=O)[O-])cc4C3(C)C)=C1Cl)N2CCCS(=O)(=O)O. The molecule has 0 atom stereocenters. The fourth-order valence-corrected chi connectivity index (χ4v) is 9.26. The van der Waals surface area contributed by atoms with Gasteiger partial charge in [-0.25, -0.2) is 8.42 Å². The maximum Gasteiger partial charge on any atom is 0.265 e. The van der Waals surface area contributed by atoms with Crippen molar-refractivity contribution in [1.82, 2.24) is 0 Å². The Morgan fingerprint density at radius 1 is 0.865 bits per heavy atom. The Hall–Kier alpha value is -3.11. The first kappa shape index (κ1) is 40.1. The normalized spacial score (nSPS) is 20.4. The molecule has 2 aromatic carbocycles. The van der Waals surface area contributed by atoms with E-state index in [-0.39, 0.29) is 30.0 Å². The highest BCUT2D eigenvalue weighted by Gasteiger charge is 2.45. The minimum Gasteiger partial charge on any atom is -0.744 e. The van der Waals surface area contributed by atoms with E-state index < -0.39 is 46.9 Å². The van der Waals surface area contributed by atoms with E-state index in [1.54, 1.807) is 6.07 Å². The zero-order valence-corrected chi connectivity index (χ0v) is 33.1. The number of hydrogen-bond acceptors (Lipinski definition) is 8. The van der Waals surface area contributed by atoms with Crippen molar-refractivity contribution in [3.63, 3.8) is 0 Å². The third-order valence-corrected chi connectivity index (χ3v) is 13.0. The van der Waals surface area contributed by atoms with E-state index in [0.29, 0.717) is 29.2 Å². The van der Waals surface area contributed by atoms with Crippen LogP contribution >= 0.6 is 11.6 Å². The van der Waals surface area contributed by atoms with Crippen LogP contribution in [-0.4, -0.2) is 73.8 Å². The molecule has 2 N–H and O–H groups in total. The van der Waals surface area contributed by atoms with Crippen LogP contribution in [0.2, 0.25) is 0 Å². The molecular formula is C37H45ClN2O9S3. The summed E-state index contributed by atoms with van der Waals surface area (Å²) in [6.45, 7) is 10.7. The zero-order valence-electron chi connectivity index (χ0n) is 29.9. The molecule has 2 heterocycles. The van der Waals surface area contributed by atoms with Crippen molar-refractivity contribution in [2.24, 2.45) is 0 Å². The highest BCUT2D eigenvalue weighted by Crippen LogP contribution is 2.48. The van der Waals surface area contributed by atoms with Gasteiger partial charge >= 0.3 is 0 Å². The van der Waals surface area contributed by atoms with Gasteiger partial charge in [0, 0.05) is 52.5 Å². The van der Waals surface area contributed by atoms with Gasteiger partial charge < -0.3 is 9.45 Å². The van der Waals surface area contributed by atoms with E-state index in [1.807, 2.05) is 61.8 Å². The molecule has 11 nitrogen and oxygen atoms in total. The Balaban J connectivity index is 1.52. The Bertz CT molecular complexity index is 2280. The number of anilines is 1. The third-order valence-electron chi connectivity index (χ3n) is 10.1. The molecule has 5 rings (SSSR count). The van der Waals surface area contributed by atoms with Crippen molar-refractivity contribution >= 4 is 59.0 Å². The first-order valence-corrected chi connectivity index (χ1v) is 22.0. The Morgan fingerprint density at radius 2 is 1.54 bits per heavy atom. The molecular weight excluding hydrogens is 748 g/mol. The van der Waals surface area contributed by atoms with Crippen molar-refractivity contribution < 1.29 is 43.5 Å². The van der Waals surface area contributed by atoms with Gasteiger partial charge in [0.25, 0.3) is 20.2 Å². The maximum atomic E-state index is 11.9. The number of halogens is 1. The van der Waals surface area contributed by atoms with Crippen molar-refractivity contribution in [3.05, 3.63) is 99.3 Å². The van der Waals surface area contributed by atoms with Gasteiger partial charge in [-0.05, 0) is 87.4 Å². The standard InChI is InChI=1S/C37H45ClN2O9S3/c1-25-11-15-31-29(23-25)36(2,3)33(39(31)19-7-21-50(41,42)43)17-12-26-9-6-10-27(35(26)38)13-18-34-37(4,5)30-24-28(52(47,48)49)14-16-32(30)40(34)20-8-22-51(44,45)46/h11-18,23-24H,6-10,19-22H2,1-5H3,(H2-,41,42,43,44,45,46,47,48,49). The summed E-state index contributed by atoms with van der Waals surface area (Å²) in [5, 5.41) is 0.591. The van der Waals surface area contributed by atoms with Gasteiger partial charge in [-0.2, -0.15) is 21.4 Å². The molecule has 0 radical (unpaired) electrons. The van der Waals surface area contributed by atoms with Crippen LogP contribution in [0.3, 0.4) is 0 Å². The van der Waals surface area contributed by atoms with Gasteiger partial charge in [-0.1, -0.05) is 55.3 Å². The van der Waals surface area contributed by atoms with Crippen molar-refractivity contribution in [3.8, 4) is 0 Å². The molecule has 0 amide bonds. The highest BCUT2D eigenvalue weighted by atomic mass is 35.5. The molecule has 2 aliphatic heterocycles. The topological polar surface area (TPSA) is 172 Å². The smallest absolute Gasteiger partial charge is 0.265 e. The molecule has 0 saturated carbocycles. The van der Waals surface area contributed by atoms with Crippen LogP contribution < -0.4 is 4.90 Å². The summed E-state index contributed by atoms with van der Waals surface area (Å²) >= 11 is 7.08. The number of allylic oxidation sites excluding steroid dienone is 8. The number of fused-ring (bicyclic) bond motifs is 2. The lowest BCUT2D eigenvalue weighted by molar-refractivity contribution is -0.437. The second-order valence-electron chi connectivity index (χ2n) is 14.6. The van der Waals surface area contributed by atoms with Crippen LogP contribution in [0.25, 0.3) is 0 Å². The average Bonchev–Trinajstić information content (AvgIpc) is 3.36. The highest BCUT2D eigenvalue weighted by molar-refractivity contribution is 7.86. The van der Waals surface area contributed by atoms with Crippen molar-refractivity contribution in [2.45, 2.75) is 82.4 Å². The summed E-state index contributed by atoms with van der Waals surface area (Å²) in [6, 6.07) is 10.4.